The Hall–Kier alpha value is -2.55. The molecule has 3 rings (SSSR count). The van der Waals surface area contributed by atoms with E-state index in [0.717, 1.165) is 28.9 Å². The van der Waals surface area contributed by atoms with Crippen LogP contribution in [0.1, 0.15) is 44.0 Å². The molecule has 8 heteroatoms. The number of methoxy groups -OCH3 is 1. The van der Waals surface area contributed by atoms with Crippen molar-refractivity contribution in [2.45, 2.75) is 38.1 Å². The van der Waals surface area contributed by atoms with E-state index in [2.05, 4.69) is 33.8 Å². The van der Waals surface area contributed by atoms with Gasteiger partial charge in [-0.25, -0.2) is 0 Å². The van der Waals surface area contributed by atoms with Crippen molar-refractivity contribution in [2.24, 2.45) is 0 Å². The number of likely N-dealkylation sites (N-methyl/N-ethyl adjacent to an activating group) is 1. The molecule has 3 aromatic rings. The van der Waals surface area contributed by atoms with Crippen LogP contribution in [0.5, 0.6) is 5.75 Å². The summed E-state index contributed by atoms with van der Waals surface area (Å²) in [5.41, 5.74) is 3.70. The average Bonchev–Trinajstić information content (AvgIpc) is 3.17. The fourth-order valence-electron chi connectivity index (χ4n) is 3.71. The number of benzene rings is 2. The van der Waals surface area contributed by atoms with Crippen LogP contribution in [0, 0.1) is 0 Å². The van der Waals surface area contributed by atoms with E-state index in [9.17, 15) is 5.11 Å². The SMILES string of the molecule is CCOC(c1ccccc1N(C)CCOC)n1c(S)nnc1-c1ccc(O)c(C(C)C)c1. The number of phenolic OH excluding ortho intramolecular Hbond substituents is 1. The second kappa shape index (κ2) is 10.8. The molecule has 1 N–H and O–H groups in total. The largest absolute Gasteiger partial charge is 0.508 e. The highest BCUT2D eigenvalue weighted by molar-refractivity contribution is 7.80. The Morgan fingerprint density at radius 1 is 1.12 bits per heavy atom. The Morgan fingerprint density at radius 3 is 2.56 bits per heavy atom. The minimum atomic E-state index is -0.477. The number of aromatic nitrogens is 3. The summed E-state index contributed by atoms with van der Waals surface area (Å²) < 4.78 is 13.4. The molecule has 0 aliphatic carbocycles. The van der Waals surface area contributed by atoms with Crippen molar-refractivity contribution in [3.05, 3.63) is 53.6 Å². The number of nitrogens with zero attached hydrogens (tertiary/aromatic N) is 4. The van der Waals surface area contributed by atoms with Crippen molar-refractivity contribution < 1.29 is 14.6 Å². The molecule has 1 unspecified atom stereocenters. The molecule has 0 saturated carbocycles. The average molecular weight is 457 g/mol. The minimum absolute atomic E-state index is 0.166. The summed E-state index contributed by atoms with van der Waals surface area (Å²) in [6.07, 6.45) is -0.477. The number of hydrogen-bond acceptors (Lipinski definition) is 7. The van der Waals surface area contributed by atoms with Crippen molar-refractivity contribution in [3.8, 4) is 17.1 Å². The Morgan fingerprint density at radius 2 is 1.88 bits per heavy atom. The van der Waals surface area contributed by atoms with E-state index >= 15 is 0 Å². The fourth-order valence-corrected chi connectivity index (χ4v) is 3.95. The molecule has 0 radical (unpaired) electrons. The van der Waals surface area contributed by atoms with Crippen molar-refractivity contribution >= 4 is 18.3 Å². The Bertz CT molecular complexity index is 1040. The smallest absolute Gasteiger partial charge is 0.190 e. The molecule has 7 nitrogen and oxygen atoms in total. The number of anilines is 1. The monoisotopic (exact) mass is 456 g/mol. The van der Waals surface area contributed by atoms with Crippen molar-refractivity contribution in [2.75, 3.05) is 38.8 Å². The van der Waals surface area contributed by atoms with Crippen LogP contribution in [-0.4, -0.2) is 53.8 Å². The molecule has 2 aromatic carbocycles. The van der Waals surface area contributed by atoms with Gasteiger partial charge in [0, 0.05) is 44.1 Å². The normalized spacial score (nSPS) is 12.3. The summed E-state index contributed by atoms with van der Waals surface area (Å²) in [4.78, 5) is 2.14. The van der Waals surface area contributed by atoms with E-state index in [0.29, 0.717) is 24.2 Å². The second-order valence-corrected chi connectivity index (χ2v) is 8.30. The lowest BCUT2D eigenvalue weighted by atomic mass is 9.99. The van der Waals surface area contributed by atoms with Crippen LogP contribution in [0.3, 0.4) is 0 Å². The first-order chi connectivity index (χ1) is 15.4. The Balaban J connectivity index is 2.13. The lowest BCUT2D eigenvalue weighted by Gasteiger charge is -2.28. The molecule has 0 fully saturated rings. The van der Waals surface area contributed by atoms with Gasteiger partial charge in [-0.15, -0.1) is 22.8 Å². The van der Waals surface area contributed by atoms with Crippen LogP contribution in [0.4, 0.5) is 5.69 Å². The third kappa shape index (κ3) is 5.09. The third-order valence-corrected chi connectivity index (χ3v) is 5.69. The maximum atomic E-state index is 10.3. The molecular formula is C24H32N4O3S. The maximum absolute atomic E-state index is 10.3. The molecule has 0 spiro atoms. The zero-order valence-corrected chi connectivity index (χ0v) is 20.2. The second-order valence-electron chi connectivity index (χ2n) is 7.90. The van der Waals surface area contributed by atoms with Gasteiger partial charge < -0.3 is 19.5 Å². The highest BCUT2D eigenvalue weighted by Gasteiger charge is 2.26. The Kier molecular flexibility index (Phi) is 8.17. The molecule has 1 aromatic heterocycles. The summed E-state index contributed by atoms with van der Waals surface area (Å²) in [5, 5.41) is 19.4. The topological polar surface area (TPSA) is 72.6 Å². The lowest BCUT2D eigenvalue weighted by molar-refractivity contribution is 0.0366. The lowest BCUT2D eigenvalue weighted by Crippen LogP contribution is -2.26. The quantitative estimate of drug-likeness (QED) is 0.430. The molecule has 32 heavy (non-hydrogen) atoms. The molecule has 1 atom stereocenters. The maximum Gasteiger partial charge on any atom is 0.190 e. The minimum Gasteiger partial charge on any atom is -0.508 e. The summed E-state index contributed by atoms with van der Waals surface area (Å²) in [6, 6.07) is 13.6. The zero-order valence-electron chi connectivity index (χ0n) is 19.3. The predicted octanol–water partition coefficient (Wildman–Crippen LogP) is 4.73. The fraction of sp³-hybridized carbons (Fsp3) is 0.417. The number of thiol groups is 1. The van der Waals surface area contributed by atoms with E-state index in [1.54, 1.807) is 13.2 Å². The van der Waals surface area contributed by atoms with E-state index in [1.807, 2.05) is 62.7 Å². The first-order valence-corrected chi connectivity index (χ1v) is 11.2. The van der Waals surface area contributed by atoms with Crippen LogP contribution in [0.25, 0.3) is 11.4 Å². The van der Waals surface area contributed by atoms with Crippen LogP contribution >= 0.6 is 12.6 Å². The number of rotatable bonds is 10. The molecule has 0 aliphatic heterocycles. The van der Waals surface area contributed by atoms with Gasteiger partial charge in [0.25, 0.3) is 0 Å². The first-order valence-electron chi connectivity index (χ1n) is 10.8. The van der Waals surface area contributed by atoms with E-state index in [1.165, 1.54) is 0 Å². The summed E-state index contributed by atoms with van der Waals surface area (Å²) >= 11 is 4.61. The van der Waals surface area contributed by atoms with Gasteiger partial charge in [-0.05, 0) is 42.7 Å². The van der Waals surface area contributed by atoms with Gasteiger partial charge in [-0.1, -0.05) is 32.0 Å². The van der Waals surface area contributed by atoms with Crippen LogP contribution in [-0.2, 0) is 9.47 Å². The number of aromatic hydroxyl groups is 1. The van der Waals surface area contributed by atoms with Crippen LogP contribution in [0.15, 0.2) is 47.6 Å². The number of hydrogen-bond donors (Lipinski definition) is 2. The van der Waals surface area contributed by atoms with E-state index < -0.39 is 6.23 Å². The summed E-state index contributed by atoms with van der Waals surface area (Å²) in [6.45, 7) is 7.91. The van der Waals surface area contributed by atoms with E-state index in [4.69, 9.17) is 9.47 Å². The highest BCUT2D eigenvalue weighted by Crippen LogP contribution is 2.36. The first kappa shape index (κ1) is 24.1. The van der Waals surface area contributed by atoms with Crippen LogP contribution < -0.4 is 4.90 Å². The summed E-state index contributed by atoms with van der Waals surface area (Å²) in [5.74, 6) is 1.07. The van der Waals surface area contributed by atoms with Crippen molar-refractivity contribution in [1.82, 2.24) is 14.8 Å². The summed E-state index contributed by atoms with van der Waals surface area (Å²) in [7, 11) is 3.73. The molecule has 0 aliphatic rings. The zero-order chi connectivity index (χ0) is 23.3. The third-order valence-electron chi connectivity index (χ3n) is 5.39. The molecule has 0 amide bonds. The Labute approximate surface area is 195 Å². The molecule has 172 valence electrons. The van der Waals surface area contributed by atoms with Gasteiger partial charge in [-0.2, -0.15) is 0 Å². The number of ether oxygens (including phenoxy) is 2. The van der Waals surface area contributed by atoms with Crippen molar-refractivity contribution in [1.29, 1.82) is 0 Å². The standard InChI is InChI=1S/C24H32N4O3S/c1-6-31-23(18-9-7-8-10-20(18)27(4)13-14-30-5)28-22(25-26-24(28)32)17-11-12-21(29)19(15-17)16(2)3/h7-12,15-16,23,29H,6,13-14H2,1-5H3,(H,26,32). The van der Waals surface area contributed by atoms with E-state index in [-0.39, 0.29) is 11.7 Å². The predicted molar refractivity (Wildman–Crippen MR) is 130 cm³/mol. The molecular weight excluding hydrogens is 424 g/mol. The van der Waals surface area contributed by atoms with Gasteiger partial charge in [0.2, 0.25) is 0 Å². The van der Waals surface area contributed by atoms with Gasteiger partial charge in [0.05, 0.1) is 6.61 Å². The van der Waals surface area contributed by atoms with Crippen LogP contribution in [0.2, 0.25) is 0 Å². The molecule has 0 bridgehead atoms. The number of phenols is 1. The van der Waals surface area contributed by atoms with Gasteiger partial charge in [-0.3, -0.25) is 4.57 Å². The molecule has 1 heterocycles. The van der Waals surface area contributed by atoms with Gasteiger partial charge >= 0.3 is 0 Å². The van der Waals surface area contributed by atoms with Crippen molar-refractivity contribution in [3.63, 3.8) is 0 Å². The number of para-hydroxylation sites is 1. The molecule has 0 saturated heterocycles. The van der Waals surface area contributed by atoms with Gasteiger partial charge in [0.15, 0.2) is 17.2 Å². The highest BCUT2D eigenvalue weighted by atomic mass is 32.1. The van der Waals surface area contributed by atoms with Gasteiger partial charge in [0.1, 0.15) is 5.75 Å².